The molecular weight excluding hydrogens is 96.0 g/mol. The molecule has 0 aromatic rings. The zero-order valence-corrected chi connectivity index (χ0v) is 3.51. The molecule has 0 aliphatic rings. The molecule has 0 heterocycles. The third-order valence-corrected chi connectivity index (χ3v) is 0.364. The van der Waals surface area contributed by atoms with Crippen molar-refractivity contribution in [2.75, 3.05) is 0 Å². The minimum atomic E-state index is -0.678. The second-order valence-electron chi connectivity index (χ2n) is 0.870. The molecule has 0 atom stereocenters. The first-order chi connectivity index (χ1) is 3.31. The highest BCUT2D eigenvalue weighted by Crippen LogP contribution is 1.69. The van der Waals surface area contributed by atoms with Crippen molar-refractivity contribution < 1.29 is 10.0 Å². The van der Waals surface area contributed by atoms with Gasteiger partial charge in [0.25, 0.3) is 5.91 Å². The van der Waals surface area contributed by atoms with Crippen LogP contribution in [-0.4, -0.2) is 11.1 Å². The molecule has 0 aliphatic carbocycles. The Balaban J connectivity index is 3.23. The van der Waals surface area contributed by atoms with Crippen LogP contribution in [0.3, 0.4) is 0 Å². The number of carbonyl (C=O) groups excluding carboxylic acids is 1. The van der Waals surface area contributed by atoms with Crippen LogP contribution in [0.5, 0.6) is 0 Å². The van der Waals surface area contributed by atoms with Crippen LogP contribution in [0.2, 0.25) is 0 Å². The molecule has 0 rings (SSSR count). The Hall–Kier alpha value is -1.08. The molecule has 2 N–H and O–H groups in total. The van der Waals surface area contributed by atoms with E-state index in [9.17, 15) is 4.79 Å². The summed E-state index contributed by atoms with van der Waals surface area (Å²) in [6.45, 7) is 0. The van der Waals surface area contributed by atoms with Crippen molar-refractivity contribution in [3.8, 4) is 6.07 Å². The molecule has 0 aromatic carbocycles. The first-order valence-corrected chi connectivity index (χ1v) is 1.61. The van der Waals surface area contributed by atoms with E-state index in [0.717, 1.165) is 0 Å². The number of carbonyl (C=O) groups is 1. The normalized spacial score (nSPS) is 6.86. The Kier molecular flexibility index (Phi) is 2.64. The van der Waals surface area contributed by atoms with Crippen molar-refractivity contribution in [1.29, 1.82) is 5.26 Å². The number of hydrogen-bond acceptors (Lipinski definition) is 3. The van der Waals surface area contributed by atoms with Crippen LogP contribution in [0.4, 0.5) is 0 Å². The van der Waals surface area contributed by atoms with E-state index < -0.39 is 5.91 Å². The van der Waals surface area contributed by atoms with Gasteiger partial charge in [0.05, 0.1) is 6.07 Å². The SMILES string of the molecule is N#CCC(=O)NO. The predicted octanol–water partition coefficient (Wildman–Crippen LogP) is -0.595. The predicted molar refractivity (Wildman–Crippen MR) is 20.2 cm³/mol. The molecular formula is C3H4N2O2. The summed E-state index contributed by atoms with van der Waals surface area (Å²) in [5.41, 5.74) is 1.30. The molecule has 0 fully saturated rings. The quantitative estimate of drug-likeness (QED) is 0.341. The topological polar surface area (TPSA) is 73.1 Å². The van der Waals surface area contributed by atoms with Gasteiger partial charge in [-0.05, 0) is 0 Å². The standard InChI is InChI=1S/C3H4N2O2/c4-2-1-3(6)5-7/h7H,1H2,(H,5,6). The van der Waals surface area contributed by atoms with Crippen molar-refractivity contribution in [3.05, 3.63) is 0 Å². The van der Waals surface area contributed by atoms with Crippen molar-refractivity contribution in [2.45, 2.75) is 6.42 Å². The van der Waals surface area contributed by atoms with Crippen LogP contribution in [0, 0.1) is 11.3 Å². The second-order valence-corrected chi connectivity index (χ2v) is 0.870. The van der Waals surface area contributed by atoms with E-state index in [1.54, 1.807) is 6.07 Å². The molecule has 7 heavy (non-hydrogen) atoms. The number of nitrogens with zero attached hydrogens (tertiary/aromatic N) is 1. The lowest BCUT2D eigenvalue weighted by atomic mass is 10.5. The Morgan fingerprint density at radius 3 is 2.71 bits per heavy atom. The lowest BCUT2D eigenvalue weighted by Crippen LogP contribution is -2.16. The Labute approximate surface area is 40.3 Å². The van der Waals surface area contributed by atoms with Crippen molar-refractivity contribution in [3.63, 3.8) is 0 Å². The number of rotatable bonds is 1. The van der Waals surface area contributed by atoms with Gasteiger partial charge in [0.1, 0.15) is 6.42 Å². The van der Waals surface area contributed by atoms with Crippen LogP contribution >= 0.6 is 0 Å². The Bertz CT molecular complexity index is 104. The average Bonchev–Trinajstić information content (AvgIpc) is 1.68. The van der Waals surface area contributed by atoms with E-state index in [2.05, 4.69) is 0 Å². The number of amides is 1. The number of nitrogens with one attached hydrogen (secondary N) is 1. The molecule has 1 amide bonds. The first-order valence-electron chi connectivity index (χ1n) is 1.61. The monoisotopic (exact) mass is 100 g/mol. The molecule has 0 saturated heterocycles. The van der Waals surface area contributed by atoms with E-state index in [1.807, 2.05) is 0 Å². The van der Waals surface area contributed by atoms with Gasteiger partial charge in [0, 0.05) is 0 Å². The van der Waals surface area contributed by atoms with Crippen molar-refractivity contribution in [1.82, 2.24) is 5.48 Å². The van der Waals surface area contributed by atoms with E-state index in [0.29, 0.717) is 0 Å². The zero-order chi connectivity index (χ0) is 5.70. The Morgan fingerprint density at radius 1 is 2.00 bits per heavy atom. The first kappa shape index (κ1) is 5.92. The minimum absolute atomic E-state index is 0.295. The van der Waals surface area contributed by atoms with Gasteiger partial charge in [-0.3, -0.25) is 10.0 Å². The maximum absolute atomic E-state index is 9.83. The van der Waals surface area contributed by atoms with Gasteiger partial charge in [0.2, 0.25) is 0 Å². The van der Waals surface area contributed by atoms with Gasteiger partial charge in [-0.1, -0.05) is 0 Å². The smallest absolute Gasteiger partial charge is 0.257 e. The molecule has 0 radical (unpaired) electrons. The van der Waals surface area contributed by atoms with E-state index >= 15 is 0 Å². The van der Waals surface area contributed by atoms with Gasteiger partial charge in [-0.15, -0.1) is 0 Å². The van der Waals surface area contributed by atoms with Gasteiger partial charge >= 0.3 is 0 Å². The molecule has 38 valence electrons. The lowest BCUT2D eigenvalue weighted by Gasteiger charge is -1.84. The van der Waals surface area contributed by atoms with E-state index in [1.165, 1.54) is 5.48 Å². The molecule has 0 spiro atoms. The molecule has 4 heteroatoms. The van der Waals surface area contributed by atoms with Gasteiger partial charge in [-0.25, -0.2) is 5.48 Å². The summed E-state index contributed by atoms with van der Waals surface area (Å²) in [4.78, 5) is 9.83. The fourth-order valence-corrected chi connectivity index (χ4v) is 0.111. The van der Waals surface area contributed by atoms with Crippen molar-refractivity contribution >= 4 is 5.91 Å². The number of hydroxylamine groups is 1. The maximum atomic E-state index is 9.83. The molecule has 0 bridgehead atoms. The summed E-state index contributed by atoms with van der Waals surface area (Å²) in [5, 5.41) is 15.5. The summed E-state index contributed by atoms with van der Waals surface area (Å²) in [7, 11) is 0. The third-order valence-electron chi connectivity index (χ3n) is 0.364. The van der Waals surface area contributed by atoms with Crippen LogP contribution in [0.25, 0.3) is 0 Å². The summed E-state index contributed by atoms with van der Waals surface area (Å²) in [5.74, 6) is -0.678. The lowest BCUT2D eigenvalue weighted by molar-refractivity contribution is -0.128. The zero-order valence-electron chi connectivity index (χ0n) is 3.51. The highest BCUT2D eigenvalue weighted by Gasteiger charge is 1.91. The van der Waals surface area contributed by atoms with E-state index in [-0.39, 0.29) is 6.42 Å². The molecule has 4 nitrogen and oxygen atoms in total. The van der Waals surface area contributed by atoms with Crippen LogP contribution in [-0.2, 0) is 4.79 Å². The van der Waals surface area contributed by atoms with Gasteiger partial charge in [0.15, 0.2) is 0 Å². The fraction of sp³-hybridized carbons (Fsp3) is 0.333. The maximum Gasteiger partial charge on any atom is 0.257 e. The molecule has 0 aliphatic heterocycles. The highest BCUT2D eigenvalue weighted by molar-refractivity contribution is 5.76. The minimum Gasteiger partial charge on any atom is -0.289 e. The van der Waals surface area contributed by atoms with Crippen molar-refractivity contribution in [2.24, 2.45) is 0 Å². The summed E-state index contributed by atoms with van der Waals surface area (Å²) >= 11 is 0. The molecule has 0 unspecified atom stereocenters. The number of nitriles is 1. The largest absolute Gasteiger partial charge is 0.289 e. The third kappa shape index (κ3) is 2.73. The fourth-order valence-electron chi connectivity index (χ4n) is 0.111. The summed E-state index contributed by atoms with van der Waals surface area (Å²) < 4.78 is 0. The summed E-state index contributed by atoms with van der Waals surface area (Å²) in [6.07, 6.45) is -0.295. The Morgan fingerprint density at radius 2 is 2.57 bits per heavy atom. The number of hydrogen-bond donors (Lipinski definition) is 2. The second kappa shape index (κ2) is 3.12. The van der Waals surface area contributed by atoms with Gasteiger partial charge in [-0.2, -0.15) is 5.26 Å². The average molecular weight is 100 g/mol. The van der Waals surface area contributed by atoms with Gasteiger partial charge < -0.3 is 0 Å². The summed E-state index contributed by atoms with van der Waals surface area (Å²) in [6, 6.07) is 1.55. The molecule has 0 aromatic heterocycles. The van der Waals surface area contributed by atoms with Crippen LogP contribution in [0.15, 0.2) is 0 Å². The van der Waals surface area contributed by atoms with Crippen LogP contribution in [0.1, 0.15) is 6.42 Å². The highest BCUT2D eigenvalue weighted by atomic mass is 16.5. The van der Waals surface area contributed by atoms with Crippen LogP contribution < -0.4 is 5.48 Å². The molecule has 0 saturated carbocycles. The van der Waals surface area contributed by atoms with E-state index in [4.69, 9.17) is 10.5 Å².